The number of aromatic nitrogens is 2. The second kappa shape index (κ2) is 16.7. The van der Waals surface area contributed by atoms with Gasteiger partial charge in [-0.15, -0.1) is 0 Å². The average molecular weight is 628 g/mol. The van der Waals surface area contributed by atoms with E-state index in [1.165, 1.54) is 19.3 Å². The van der Waals surface area contributed by atoms with Crippen LogP contribution < -0.4 is 20.9 Å². The summed E-state index contributed by atoms with van der Waals surface area (Å²) in [5.41, 5.74) is 14.2. The van der Waals surface area contributed by atoms with Gasteiger partial charge in [0.15, 0.2) is 11.5 Å². The lowest BCUT2D eigenvalue weighted by Gasteiger charge is -2.26. The van der Waals surface area contributed by atoms with E-state index in [9.17, 15) is 0 Å². The van der Waals surface area contributed by atoms with E-state index < -0.39 is 0 Å². The number of nitrogens with zero attached hydrogens (tertiary/aromatic N) is 4. The first-order chi connectivity index (χ1) is 20.9. The largest absolute Gasteiger partial charge is 0.454 e. The van der Waals surface area contributed by atoms with Crippen molar-refractivity contribution < 1.29 is 9.47 Å². The molecule has 4 aliphatic rings. The molecule has 0 atom stereocenters. The number of rotatable bonds is 10. The molecule has 0 aliphatic heterocycles. The van der Waals surface area contributed by atoms with Gasteiger partial charge in [-0.05, 0) is 63.5 Å². The van der Waals surface area contributed by atoms with E-state index in [-0.39, 0.29) is 0 Å². The third-order valence-electron chi connectivity index (χ3n) is 7.66. The van der Waals surface area contributed by atoms with Crippen molar-refractivity contribution in [2.24, 2.45) is 33.3 Å². The molecule has 0 saturated heterocycles. The van der Waals surface area contributed by atoms with Gasteiger partial charge in [0.25, 0.3) is 0 Å². The minimum absolute atomic E-state index is 0.406. The van der Waals surface area contributed by atoms with Gasteiger partial charge in [-0.3, -0.25) is 9.98 Å². The van der Waals surface area contributed by atoms with Gasteiger partial charge in [0.2, 0.25) is 0 Å². The number of halogens is 2. The maximum absolute atomic E-state index is 6.33. The summed E-state index contributed by atoms with van der Waals surface area (Å²) in [5, 5.41) is 0.814. The molecule has 4 aliphatic carbocycles. The average Bonchev–Trinajstić information content (AvgIpc) is 3.92. The highest BCUT2D eigenvalue weighted by Gasteiger charge is 2.25. The molecule has 2 aromatic rings. The van der Waals surface area contributed by atoms with Crippen LogP contribution in [0.2, 0.25) is 10.3 Å². The molecule has 0 unspecified atom stereocenters. The molecule has 2 heterocycles. The lowest BCUT2D eigenvalue weighted by molar-refractivity contribution is 0.344. The highest BCUT2D eigenvalue weighted by Crippen LogP contribution is 2.33. The van der Waals surface area contributed by atoms with Crippen molar-refractivity contribution in [3.05, 3.63) is 69.9 Å². The van der Waals surface area contributed by atoms with Crippen LogP contribution in [-0.4, -0.2) is 34.5 Å². The van der Waals surface area contributed by atoms with Gasteiger partial charge < -0.3 is 20.9 Å². The van der Waals surface area contributed by atoms with Gasteiger partial charge in [-0.1, -0.05) is 56.3 Å². The topological polar surface area (TPSA) is 121 Å². The minimum Gasteiger partial charge on any atom is -0.454 e. The Morgan fingerprint density at radius 2 is 1.09 bits per heavy atom. The first kappa shape index (κ1) is 32.8. The number of ether oxygens (including phenoxy) is 2. The zero-order chi connectivity index (χ0) is 30.6. The number of hydrogen-bond acceptors (Lipinski definition) is 8. The third kappa shape index (κ3) is 10.8. The molecule has 0 amide bonds. The number of allylic oxidation sites excluding steroid dienone is 4. The summed E-state index contributed by atoms with van der Waals surface area (Å²) in [4.78, 5) is 16.9. The fourth-order valence-electron chi connectivity index (χ4n) is 4.62. The monoisotopic (exact) mass is 626 g/mol. The van der Waals surface area contributed by atoms with Crippen LogP contribution in [0, 0.1) is 11.8 Å². The Morgan fingerprint density at radius 1 is 0.698 bits per heavy atom. The van der Waals surface area contributed by atoms with E-state index in [0.29, 0.717) is 57.2 Å². The number of pyridine rings is 2. The predicted octanol–water partition coefficient (Wildman–Crippen LogP) is 8.05. The van der Waals surface area contributed by atoms with E-state index in [4.69, 9.17) is 44.1 Å². The van der Waals surface area contributed by atoms with E-state index in [2.05, 4.69) is 20.0 Å². The summed E-state index contributed by atoms with van der Waals surface area (Å²) in [6.45, 7) is 4.00. The fourth-order valence-corrected chi connectivity index (χ4v) is 4.95. The maximum Gasteiger partial charge on any atom is 0.164 e. The van der Waals surface area contributed by atoms with Gasteiger partial charge in [0.1, 0.15) is 21.8 Å². The van der Waals surface area contributed by atoms with Crippen molar-refractivity contribution in [1.29, 1.82) is 0 Å². The van der Waals surface area contributed by atoms with Crippen LogP contribution in [0.5, 0.6) is 11.5 Å². The lowest BCUT2D eigenvalue weighted by atomic mass is 9.82. The van der Waals surface area contributed by atoms with E-state index >= 15 is 0 Å². The van der Waals surface area contributed by atoms with Crippen LogP contribution in [0.3, 0.4) is 0 Å². The number of nitrogens with two attached hydrogens (primary N) is 2. The summed E-state index contributed by atoms with van der Waals surface area (Å²) in [6.07, 6.45) is 19.7. The van der Waals surface area contributed by atoms with Crippen molar-refractivity contribution in [1.82, 2.24) is 9.97 Å². The first-order valence-electron chi connectivity index (χ1n) is 15.6. The van der Waals surface area contributed by atoms with Gasteiger partial charge >= 0.3 is 0 Å². The normalized spacial score (nSPS) is 19.9. The van der Waals surface area contributed by atoms with Crippen molar-refractivity contribution in [3.8, 4) is 11.5 Å². The van der Waals surface area contributed by atoms with E-state index in [1.54, 1.807) is 49.1 Å². The molecule has 0 aromatic carbocycles. The minimum atomic E-state index is 0.406. The maximum atomic E-state index is 6.33. The quantitative estimate of drug-likeness (QED) is 0.156. The van der Waals surface area contributed by atoms with Crippen molar-refractivity contribution in [2.45, 2.75) is 96.6 Å². The smallest absolute Gasteiger partial charge is 0.164 e. The zero-order valence-electron chi connectivity index (χ0n) is 25.2. The molecule has 6 rings (SSSR count). The summed E-state index contributed by atoms with van der Waals surface area (Å²) >= 11 is 11.8. The molecule has 0 bridgehead atoms. The molecule has 2 aromatic heterocycles. The van der Waals surface area contributed by atoms with Crippen LogP contribution in [-0.2, 0) is 0 Å². The van der Waals surface area contributed by atoms with Crippen LogP contribution in [0.25, 0.3) is 0 Å². The molecule has 4 fully saturated rings. The Hall–Kier alpha value is -3.10. The second-order valence-corrected chi connectivity index (χ2v) is 11.9. The highest BCUT2D eigenvalue weighted by atomic mass is 35.5. The van der Waals surface area contributed by atoms with Crippen LogP contribution in [0.4, 0.5) is 0 Å². The van der Waals surface area contributed by atoms with Crippen LogP contribution >= 0.6 is 23.2 Å². The fraction of sp³-hybridized carbons (Fsp3) is 0.515. The summed E-state index contributed by atoms with van der Waals surface area (Å²) in [6, 6.07) is 7.81. The van der Waals surface area contributed by atoms with E-state index in [0.717, 1.165) is 62.8 Å². The van der Waals surface area contributed by atoms with Gasteiger partial charge in [-0.25, -0.2) is 9.97 Å². The molecule has 232 valence electrons. The zero-order valence-corrected chi connectivity index (χ0v) is 26.7. The SMILES string of the molecule is CC.N/C(=C(\C=NC1CC1)Oc1ccnc(Cl)c1)C1CCC1.N/C(=C(\C=NC1CC1)Oc1ccnc(Cl)c1)C1CCCC1. The second-order valence-electron chi connectivity index (χ2n) is 11.1. The van der Waals surface area contributed by atoms with Gasteiger partial charge in [0, 0.05) is 36.4 Å². The molecular formula is C33H44Cl2N6O2. The Bertz CT molecular complexity index is 1310. The van der Waals surface area contributed by atoms with Gasteiger partial charge in [-0.2, -0.15) is 0 Å². The number of hydrogen-bond donors (Lipinski definition) is 2. The predicted molar refractivity (Wildman–Crippen MR) is 176 cm³/mol. The molecule has 10 heteroatoms. The summed E-state index contributed by atoms with van der Waals surface area (Å²) < 4.78 is 11.8. The van der Waals surface area contributed by atoms with Gasteiger partial charge in [0.05, 0.1) is 35.9 Å². The Balaban J connectivity index is 0.000000186. The summed E-state index contributed by atoms with van der Waals surface area (Å²) in [7, 11) is 0. The highest BCUT2D eigenvalue weighted by molar-refractivity contribution is 6.29. The van der Waals surface area contributed by atoms with Crippen LogP contribution in [0.15, 0.2) is 69.6 Å². The third-order valence-corrected chi connectivity index (χ3v) is 8.07. The molecule has 0 radical (unpaired) electrons. The summed E-state index contributed by atoms with van der Waals surface area (Å²) in [5.74, 6) is 3.44. The van der Waals surface area contributed by atoms with Crippen molar-refractivity contribution in [3.63, 3.8) is 0 Å². The molecule has 8 nitrogen and oxygen atoms in total. The molecule has 0 spiro atoms. The van der Waals surface area contributed by atoms with Crippen molar-refractivity contribution in [2.75, 3.05) is 0 Å². The molecular weight excluding hydrogens is 583 g/mol. The number of aliphatic imine (C=N–C) groups is 2. The Labute approximate surface area is 265 Å². The standard InChI is InChI=1S/C16H20ClN3O.C15H18ClN3O.C2H6/c17-15-9-13(7-8-19-15)21-14(10-20-12-5-6-12)16(18)11-3-1-2-4-11;16-14-8-12(6-7-18-14)20-13(9-19-11-4-5-11)15(17)10-2-1-3-10;1-2/h7-12H,1-6,18H2;6-11H,1-5,17H2;1-2H3/b16-14+,20-10?;15-13+,19-9?;. The van der Waals surface area contributed by atoms with Crippen molar-refractivity contribution >= 4 is 35.6 Å². The van der Waals surface area contributed by atoms with E-state index in [1.807, 2.05) is 13.8 Å². The molecule has 4 N–H and O–H groups in total. The lowest BCUT2D eigenvalue weighted by Crippen LogP contribution is -2.23. The molecule has 4 saturated carbocycles. The molecule has 43 heavy (non-hydrogen) atoms. The first-order valence-corrected chi connectivity index (χ1v) is 16.3. The Morgan fingerprint density at radius 3 is 1.42 bits per heavy atom. The van der Waals surface area contributed by atoms with Crippen LogP contribution in [0.1, 0.15) is 84.5 Å². The Kier molecular flexibility index (Phi) is 12.7.